The van der Waals surface area contributed by atoms with Gasteiger partial charge in [0.1, 0.15) is 18.1 Å². The number of hydrogen-bond donors (Lipinski definition) is 1. The number of quaternary nitrogens is 1. The number of ether oxygens (including phenoxy) is 1. The van der Waals surface area contributed by atoms with E-state index < -0.39 is 17.8 Å². The quantitative estimate of drug-likeness (QED) is 0.740. The third-order valence-electron chi connectivity index (χ3n) is 4.11. The Hall–Kier alpha value is -1.87. The number of piperidine rings is 1. The van der Waals surface area contributed by atoms with Crippen LogP contribution in [-0.2, 0) is 22.3 Å². The molecule has 3 N–H and O–H groups in total. The Morgan fingerprint density at radius 1 is 1.37 bits per heavy atom. The van der Waals surface area contributed by atoms with Crippen LogP contribution in [-0.4, -0.2) is 36.8 Å². The number of pyridine rings is 1. The molecule has 1 aromatic heterocycles. The second kappa shape index (κ2) is 11.1. The molecule has 0 unspecified atom stereocenters. The second-order valence-corrected chi connectivity index (χ2v) is 6.33. The number of carbonyl (C=O) groups excluding carboxylic acids is 1. The van der Waals surface area contributed by atoms with Gasteiger partial charge in [0.05, 0.1) is 6.10 Å². The predicted octanol–water partition coefficient (Wildman–Crippen LogP) is 1.38. The lowest BCUT2D eigenvalue weighted by molar-refractivity contribution is -0.386. The van der Waals surface area contributed by atoms with Gasteiger partial charge in [-0.05, 0) is 38.3 Å². The highest BCUT2D eigenvalue weighted by molar-refractivity contribution is 5.60. The lowest BCUT2D eigenvalue weighted by Gasteiger charge is -2.33. The smallest absolute Gasteiger partial charge is 0.433 e. The third-order valence-corrected chi connectivity index (χ3v) is 4.11. The average molecular weight is 391 g/mol. The van der Waals surface area contributed by atoms with E-state index in [0.29, 0.717) is 25.5 Å². The summed E-state index contributed by atoms with van der Waals surface area (Å²) >= 11 is 0. The van der Waals surface area contributed by atoms with Gasteiger partial charge in [-0.15, -0.1) is 0 Å². The van der Waals surface area contributed by atoms with Crippen molar-refractivity contribution in [3.05, 3.63) is 23.4 Å². The second-order valence-electron chi connectivity index (χ2n) is 6.33. The highest BCUT2D eigenvalue weighted by atomic mass is 19.4. The number of rotatable bonds is 6. The van der Waals surface area contributed by atoms with Crippen molar-refractivity contribution in [1.82, 2.24) is 4.98 Å². The minimum Gasteiger partial charge on any atom is -0.550 e. The fourth-order valence-electron chi connectivity index (χ4n) is 2.73. The minimum atomic E-state index is -4.42. The SMILES string of the molecule is CC(=O)[O-].CCCCOC1CCN(c2nc(C(F)(F)F)ccc2C[NH3+])CC1. The lowest BCUT2D eigenvalue weighted by Crippen LogP contribution is -2.48. The van der Waals surface area contributed by atoms with Gasteiger partial charge in [-0.2, -0.15) is 13.2 Å². The highest BCUT2D eigenvalue weighted by Gasteiger charge is 2.34. The van der Waals surface area contributed by atoms with Crippen LogP contribution in [0.1, 0.15) is 50.8 Å². The Bertz CT molecular complexity index is 585. The molecule has 27 heavy (non-hydrogen) atoms. The van der Waals surface area contributed by atoms with Crippen molar-refractivity contribution in [1.29, 1.82) is 0 Å². The van der Waals surface area contributed by atoms with Crippen LogP contribution in [0.4, 0.5) is 19.0 Å². The zero-order valence-corrected chi connectivity index (χ0v) is 15.8. The number of nitrogens with zero attached hydrogens (tertiary/aromatic N) is 2. The number of carboxylic acids is 1. The molecule has 9 heteroatoms. The summed E-state index contributed by atoms with van der Waals surface area (Å²) < 4.78 is 44.5. The molecule has 154 valence electrons. The van der Waals surface area contributed by atoms with Gasteiger partial charge in [0.25, 0.3) is 0 Å². The normalized spacial score (nSPS) is 15.3. The number of carboxylic acid groups (broad SMARTS) is 1. The molecule has 6 nitrogen and oxygen atoms in total. The van der Waals surface area contributed by atoms with Crippen molar-refractivity contribution in [3.63, 3.8) is 0 Å². The number of anilines is 1. The summed E-state index contributed by atoms with van der Waals surface area (Å²) in [5.74, 6) is -0.665. The molecular weight excluding hydrogens is 363 g/mol. The van der Waals surface area contributed by atoms with Crippen molar-refractivity contribution in [2.75, 3.05) is 24.6 Å². The summed E-state index contributed by atoms with van der Waals surface area (Å²) in [4.78, 5) is 14.7. The number of unbranched alkanes of at least 4 members (excludes halogenated alkanes) is 1. The van der Waals surface area contributed by atoms with E-state index in [9.17, 15) is 13.2 Å². The maximum Gasteiger partial charge on any atom is 0.433 e. The van der Waals surface area contributed by atoms with Crippen LogP contribution >= 0.6 is 0 Å². The Morgan fingerprint density at radius 3 is 2.44 bits per heavy atom. The highest BCUT2D eigenvalue weighted by Crippen LogP contribution is 2.31. The largest absolute Gasteiger partial charge is 0.550 e. The molecule has 0 aliphatic carbocycles. The number of aliphatic carboxylic acids is 1. The van der Waals surface area contributed by atoms with E-state index in [1.807, 2.05) is 4.90 Å². The summed E-state index contributed by atoms with van der Waals surface area (Å²) in [6.45, 7) is 5.60. The van der Waals surface area contributed by atoms with Gasteiger partial charge in [0.2, 0.25) is 0 Å². The summed E-state index contributed by atoms with van der Waals surface area (Å²) in [6, 6.07) is 2.52. The van der Waals surface area contributed by atoms with Crippen LogP contribution in [0.2, 0.25) is 0 Å². The molecule has 0 atom stereocenters. The Kier molecular flexibility index (Phi) is 9.51. The fraction of sp³-hybridized carbons (Fsp3) is 0.667. The van der Waals surface area contributed by atoms with E-state index >= 15 is 0 Å². The molecule has 1 aliphatic heterocycles. The van der Waals surface area contributed by atoms with Gasteiger partial charge in [-0.25, -0.2) is 4.98 Å². The van der Waals surface area contributed by atoms with Crippen LogP contribution in [0.25, 0.3) is 0 Å². The zero-order chi connectivity index (χ0) is 20.4. The zero-order valence-electron chi connectivity index (χ0n) is 15.8. The molecular formula is C18H28F3N3O3. The Balaban J connectivity index is 0.000000828. The number of alkyl halides is 3. The standard InChI is InChI=1S/C16H24F3N3O.C2H4O2/c1-2-3-10-23-13-6-8-22(9-7-13)15-12(11-20)4-5-14(21-15)16(17,18)19;1-2(3)4/h4-5,13H,2-3,6-11,20H2,1H3;1H3,(H,3,4). The summed E-state index contributed by atoms with van der Waals surface area (Å²) in [7, 11) is 0. The predicted molar refractivity (Wildman–Crippen MR) is 92.6 cm³/mol. The fourth-order valence-corrected chi connectivity index (χ4v) is 2.73. The van der Waals surface area contributed by atoms with E-state index in [1.165, 1.54) is 6.07 Å². The minimum absolute atomic E-state index is 0.201. The number of halogens is 3. The number of carbonyl (C=O) groups is 1. The molecule has 1 saturated heterocycles. The third kappa shape index (κ3) is 8.13. The first-order chi connectivity index (χ1) is 12.7. The van der Waals surface area contributed by atoms with Gasteiger partial charge >= 0.3 is 6.18 Å². The van der Waals surface area contributed by atoms with Crippen molar-refractivity contribution >= 4 is 11.8 Å². The van der Waals surface area contributed by atoms with Gasteiger partial charge in [0.15, 0.2) is 0 Å². The molecule has 0 amide bonds. The summed E-state index contributed by atoms with van der Waals surface area (Å²) in [5, 5.41) is 8.89. The molecule has 0 bridgehead atoms. The Morgan fingerprint density at radius 2 is 1.96 bits per heavy atom. The van der Waals surface area contributed by atoms with Gasteiger partial charge < -0.3 is 25.3 Å². The monoisotopic (exact) mass is 391 g/mol. The van der Waals surface area contributed by atoms with Crippen molar-refractivity contribution < 1.29 is 33.5 Å². The van der Waals surface area contributed by atoms with Gasteiger partial charge in [-0.3, -0.25) is 0 Å². The topological polar surface area (TPSA) is 93.1 Å². The number of aromatic nitrogens is 1. The van der Waals surface area contributed by atoms with Gasteiger partial charge in [-0.1, -0.05) is 13.3 Å². The maximum atomic E-state index is 12.9. The molecule has 0 saturated carbocycles. The molecule has 0 radical (unpaired) electrons. The molecule has 2 heterocycles. The Labute approximate surface area is 157 Å². The van der Waals surface area contributed by atoms with Crippen LogP contribution in [0.3, 0.4) is 0 Å². The number of hydrogen-bond acceptors (Lipinski definition) is 5. The molecule has 2 rings (SSSR count). The van der Waals surface area contributed by atoms with Crippen molar-refractivity contribution in [2.24, 2.45) is 0 Å². The van der Waals surface area contributed by atoms with E-state index in [4.69, 9.17) is 14.6 Å². The van der Waals surface area contributed by atoms with E-state index in [0.717, 1.165) is 50.8 Å². The first-order valence-corrected chi connectivity index (χ1v) is 9.09. The molecule has 1 aliphatic rings. The van der Waals surface area contributed by atoms with Crippen LogP contribution in [0, 0.1) is 0 Å². The van der Waals surface area contributed by atoms with Gasteiger partial charge in [0, 0.05) is 31.2 Å². The van der Waals surface area contributed by atoms with E-state index in [2.05, 4.69) is 17.6 Å². The molecule has 1 aromatic rings. The van der Waals surface area contributed by atoms with Crippen molar-refractivity contribution in [3.8, 4) is 0 Å². The van der Waals surface area contributed by atoms with Crippen LogP contribution in [0.15, 0.2) is 12.1 Å². The summed E-state index contributed by atoms with van der Waals surface area (Å²) in [6.07, 6.45) is -0.445. The van der Waals surface area contributed by atoms with Crippen LogP contribution < -0.4 is 15.7 Å². The first-order valence-electron chi connectivity index (χ1n) is 9.09. The summed E-state index contributed by atoms with van der Waals surface area (Å²) in [5.41, 5.74) is 3.71. The molecule has 0 aromatic carbocycles. The molecule has 1 fully saturated rings. The molecule has 0 spiro atoms. The first kappa shape index (κ1) is 23.2. The van der Waals surface area contributed by atoms with Crippen LogP contribution in [0.5, 0.6) is 0 Å². The lowest BCUT2D eigenvalue weighted by atomic mass is 10.1. The van der Waals surface area contributed by atoms with E-state index in [1.54, 1.807) is 0 Å². The average Bonchev–Trinajstić information content (AvgIpc) is 2.61. The van der Waals surface area contributed by atoms with Crippen molar-refractivity contribution in [2.45, 2.75) is 58.4 Å². The van der Waals surface area contributed by atoms with E-state index in [-0.39, 0.29) is 6.10 Å². The maximum absolute atomic E-state index is 12.9.